The Morgan fingerprint density at radius 3 is 2.44 bits per heavy atom. The van der Waals surface area contributed by atoms with Gasteiger partial charge >= 0.3 is 0 Å². The Hall–Kier alpha value is -1.80. The normalized spacial score (nSPS) is 10.8. The van der Waals surface area contributed by atoms with E-state index in [4.69, 9.17) is 4.74 Å². The van der Waals surface area contributed by atoms with Crippen LogP contribution in [0.4, 0.5) is 0 Å². The quantitative estimate of drug-likeness (QED) is 0.633. The highest BCUT2D eigenvalue weighted by atomic mass is 32.1. The van der Waals surface area contributed by atoms with Crippen molar-refractivity contribution < 1.29 is 4.74 Å². The topological polar surface area (TPSA) is 9.23 Å². The van der Waals surface area contributed by atoms with Crippen molar-refractivity contribution in [2.24, 2.45) is 0 Å². The van der Waals surface area contributed by atoms with Crippen LogP contribution in [-0.4, -0.2) is 7.11 Å². The molecule has 2 aromatic carbocycles. The molecule has 0 aliphatic heterocycles. The molecule has 1 aromatic heterocycles. The number of rotatable bonds is 2. The second kappa shape index (κ2) is 4.46. The van der Waals surface area contributed by atoms with Crippen LogP contribution >= 0.6 is 11.3 Å². The summed E-state index contributed by atoms with van der Waals surface area (Å²) < 4.78 is 5.43. The van der Waals surface area contributed by atoms with Crippen LogP contribution in [0.3, 0.4) is 0 Å². The van der Waals surface area contributed by atoms with Crippen molar-refractivity contribution in [3.63, 3.8) is 0 Å². The van der Waals surface area contributed by atoms with Crippen LogP contribution in [0, 0.1) is 6.92 Å². The first-order valence-corrected chi connectivity index (χ1v) is 6.79. The summed E-state index contributed by atoms with van der Waals surface area (Å²) >= 11 is 1.79. The molecule has 0 unspecified atom stereocenters. The smallest absolute Gasteiger partial charge is 0.126 e. The van der Waals surface area contributed by atoms with Crippen LogP contribution in [0.25, 0.3) is 21.2 Å². The molecule has 0 fully saturated rings. The van der Waals surface area contributed by atoms with Crippen LogP contribution in [0.5, 0.6) is 5.75 Å². The fourth-order valence-corrected chi connectivity index (χ4v) is 3.18. The lowest BCUT2D eigenvalue weighted by atomic mass is 10.0. The van der Waals surface area contributed by atoms with Gasteiger partial charge < -0.3 is 4.74 Å². The lowest BCUT2D eigenvalue weighted by molar-refractivity contribution is 0.420. The molecule has 0 N–H and O–H groups in total. The van der Waals surface area contributed by atoms with Gasteiger partial charge in [-0.2, -0.15) is 0 Å². The van der Waals surface area contributed by atoms with E-state index < -0.39 is 0 Å². The van der Waals surface area contributed by atoms with Crippen molar-refractivity contribution in [3.05, 3.63) is 53.4 Å². The molecule has 1 heterocycles. The molecular weight excluding hydrogens is 240 g/mol. The van der Waals surface area contributed by atoms with Gasteiger partial charge in [0.15, 0.2) is 0 Å². The molecule has 0 spiro atoms. The predicted molar refractivity (Wildman–Crippen MR) is 78.6 cm³/mol. The predicted octanol–water partition coefficient (Wildman–Crippen LogP) is 4.89. The Morgan fingerprint density at radius 2 is 1.78 bits per heavy atom. The molecule has 0 saturated carbocycles. The van der Waals surface area contributed by atoms with Crippen LogP contribution in [0.2, 0.25) is 0 Å². The van der Waals surface area contributed by atoms with Gasteiger partial charge in [0.05, 0.1) is 7.11 Å². The van der Waals surface area contributed by atoms with E-state index in [-0.39, 0.29) is 0 Å². The van der Waals surface area contributed by atoms with Gasteiger partial charge in [-0.3, -0.25) is 0 Å². The third-order valence-electron chi connectivity index (χ3n) is 3.10. The van der Waals surface area contributed by atoms with E-state index in [1.807, 2.05) is 12.1 Å². The van der Waals surface area contributed by atoms with Gasteiger partial charge in [-0.15, -0.1) is 11.3 Å². The van der Waals surface area contributed by atoms with Crippen molar-refractivity contribution in [3.8, 4) is 16.2 Å². The lowest BCUT2D eigenvalue weighted by Crippen LogP contribution is -1.86. The summed E-state index contributed by atoms with van der Waals surface area (Å²) in [4.78, 5) is 1.31. The summed E-state index contributed by atoms with van der Waals surface area (Å²) in [6.45, 7) is 2.13. The molecular formula is C16H14OS. The summed E-state index contributed by atoms with van der Waals surface area (Å²) in [5.74, 6) is 0.933. The van der Waals surface area contributed by atoms with E-state index in [1.165, 1.54) is 26.8 Å². The second-order valence-electron chi connectivity index (χ2n) is 4.35. The molecule has 0 aliphatic rings. The number of ether oxygens (including phenoxy) is 1. The molecule has 3 rings (SSSR count). The minimum absolute atomic E-state index is 0.933. The van der Waals surface area contributed by atoms with E-state index >= 15 is 0 Å². The third kappa shape index (κ3) is 1.79. The zero-order valence-electron chi connectivity index (χ0n) is 10.4. The first-order valence-electron chi connectivity index (χ1n) is 5.91. The maximum Gasteiger partial charge on any atom is 0.126 e. The molecule has 18 heavy (non-hydrogen) atoms. The average molecular weight is 254 g/mol. The number of hydrogen-bond acceptors (Lipinski definition) is 2. The molecule has 90 valence electrons. The van der Waals surface area contributed by atoms with Crippen molar-refractivity contribution in [2.75, 3.05) is 7.11 Å². The number of thiophene rings is 1. The lowest BCUT2D eigenvalue weighted by Gasteiger charge is -2.09. The van der Waals surface area contributed by atoms with Gasteiger partial charge in [0, 0.05) is 10.3 Å². The van der Waals surface area contributed by atoms with Gasteiger partial charge in [-0.05, 0) is 47.0 Å². The Kier molecular flexibility index (Phi) is 2.80. The molecule has 2 heteroatoms. The van der Waals surface area contributed by atoms with Gasteiger partial charge in [-0.25, -0.2) is 0 Å². The van der Waals surface area contributed by atoms with E-state index in [9.17, 15) is 0 Å². The van der Waals surface area contributed by atoms with Crippen LogP contribution in [-0.2, 0) is 0 Å². The molecule has 3 aromatic rings. The molecule has 0 bridgehead atoms. The molecule has 0 aliphatic carbocycles. The van der Waals surface area contributed by atoms with Crippen molar-refractivity contribution in [2.45, 2.75) is 6.92 Å². The number of aryl methyl sites for hydroxylation is 1. The first kappa shape index (κ1) is 11.3. The number of fused-ring (bicyclic) bond motifs is 1. The van der Waals surface area contributed by atoms with E-state index in [0.717, 1.165) is 5.75 Å². The fourth-order valence-electron chi connectivity index (χ4n) is 2.24. The summed E-state index contributed by atoms with van der Waals surface area (Å²) in [5.41, 5.74) is 2.60. The third-order valence-corrected chi connectivity index (χ3v) is 4.18. The van der Waals surface area contributed by atoms with Gasteiger partial charge in [-0.1, -0.05) is 24.3 Å². The zero-order chi connectivity index (χ0) is 12.5. The number of methoxy groups -OCH3 is 1. The molecule has 0 radical (unpaired) electrons. The highest BCUT2D eigenvalue weighted by Crippen LogP contribution is 2.36. The first-order chi connectivity index (χ1) is 8.79. The van der Waals surface area contributed by atoms with Gasteiger partial charge in [0.2, 0.25) is 0 Å². The SMILES string of the molecule is COc1ccc(-c2cc(C)cs2)c2ccccc12. The van der Waals surface area contributed by atoms with Gasteiger partial charge in [0.25, 0.3) is 0 Å². The molecule has 1 nitrogen and oxygen atoms in total. The van der Waals surface area contributed by atoms with E-state index in [0.29, 0.717) is 0 Å². The molecule has 0 atom stereocenters. The minimum Gasteiger partial charge on any atom is -0.496 e. The largest absolute Gasteiger partial charge is 0.496 e. The fraction of sp³-hybridized carbons (Fsp3) is 0.125. The van der Waals surface area contributed by atoms with E-state index in [2.05, 4.69) is 42.6 Å². The van der Waals surface area contributed by atoms with Gasteiger partial charge in [0.1, 0.15) is 5.75 Å². The average Bonchev–Trinajstić information content (AvgIpc) is 2.84. The molecule has 0 amide bonds. The Morgan fingerprint density at radius 1 is 1.00 bits per heavy atom. The standard InChI is InChI=1S/C16H14OS/c1-11-9-16(18-10-11)14-7-8-15(17-2)13-6-4-3-5-12(13)14/h3-10H,1-2H3. The van der Waals surface area contributed by atoms with Crippen LogP contribution in [0.15, 0.2) is 47.8 Å². The highest BCUT2D eigenvalue weighted by Gasteiger charge is 2.08. The molecule has 0 saturated heterocycles. The Labute approximate surface area is 111 Å². The van der Waals surface area contributed by atoms with Crippen LogP contribution in [0.1, 0.15) is 5.56 Å². The van der Waals surface area contributed by atoms with E-state index in [1.54, 1.807) is 18.4 Å². The maximum atomic E-state index is 5.43. The second-order valence-corrected chi connectivity index (χ2v) is 5.26. The maximum absolute atomic E-state index is 5.43. The zero-order valence-corrected chi connectivity index (χ0v) is 11.3. The van der Waals surface area contributed by atoms with Crippen molar-refractivity contribution in [1.82, 2.24) is 0 Å². The monoisotopic (exact) mass is 254 g/mol. The van der Waals surface area contributed by atoms with Crippen LogP contribution < -0.4 is 4.74 Å². The number of benzene rings is 2. The Balaban J connectivity index is 2.31. The minimum atomic E-state index is 0.933. The Bertz CT molecular complexity index is 697. The summed E-state index contributed by atoms with van der Waals surface area (Å²) in [6.07, 6.45) is 0. The summed E-state index contributed by atoms with van der Waals surface area (Å²) in [6, 6.07) is 14.8. The van der Waals surface area contributed by atoms with Crippen molar-refractivity contribution in [1.29, 1.82) is 0 Å². The van der Waals surface area contributed by atoms with Crippen molar-refractivity contribution >= 4 is 22.1 Å². The highest BCUT2D eigenvalue weighted by molar-refractivity contribution is 7.13. The summed E-state index contributed by atoms with van der Waals surface area (Å²) in [5, 5.41) is 4.61. The summed E-state index contributed by atoms with van der Waals surface area (Å²) in [7, 11) is 1.72. The number of hydrogen-bond donors (Lipinski definition) is 0.